The van der Waals surface area contributed by atoms with Gasteiger partial charge in [0.05, 0.1) is 27.3 Å². The van der Waals surface area contributed by atoms with E-state index >= 15 is 0 Å². The summed E-state index contributed by atoms with van der Waals surface area (Å²) in [5, 5.41) is 6.71. The minimum Gasteiger partial charge on any atom is -0.368 e. The zero-order valence-electron chi connectivity index (χ0n) is 16.5. The zero-order valence-corrected chi connectivity index (χ0v) is 18.0. The summed E-state index contributed by atoms with van der Waals surface area (Å²) in [4.78, 5) is 13.7. The van der Waals surface area contributed by atoms with Crippen LogP contribution in [0.5, 0.6) is 0 Å². The molecule has 1 aliphatic heterocycles. The van der Waals surface area contributed by atoms with Gasteiger partial charge in [-0.15, -0.1) is 0 Å². The Hall–Kier alpha value is -2.83. The average Bonchev–Trinajstić information content (AvgIpc) is 3.20. The third-order valence-electron chi connectivity index (χ3n) is 5.44. The van der Waals surface area contributed by atoms with Crippen LogP contribution in [0.2, 0.25) is 10.0 Å². The number of aromatic nitrogens is 4. The lowest BCUT2D eigenvalue weighted by Crippen LogP contribution is -2.46. The maximum atomic E-state index is 6.19. The van der Waals surface area contributed by atoms with Gasteiger partial charge in [0.15, 0.2) is 5.65 Å². The Labute approximate surface area is 184 Å². The number of anilines is 2. The fourth-order valence-corrected chi connectivity index (χ4v) is 4.18. The van der Waals surface area contributed by atoms with Crippen molar-refractivity contribution < 1.29 is 0 Å². The lowest BCUT2D eigenvalue weighted by Gasteiger charge is -2.37. The van der Waals surface area contributed by atoms with Crippen molar-refractivity contribution in [1.82, 2.24) is 19.7 Å². The molecule has 1 saturated heterocycles. The van der Waals surface area contributed by atoms with Crippen molar-refractivity contribution in [3.63, 3.8) is 0 Å². The maximum absolute atomic E-state index is 6.19. The maximum Gasteiger partial charge on any atom is 0.168 e. The molecule has 2 aromatic carbocycles. The lowest BCUT2D eigenvalue weighted by atomic mass is 10.2. The van der Waals surface area contributed by atoms with Gasteiger partial charge in [-0.05, 0) is 42.8 Å². The Morgan fingerprint density at radius 2 is 1.63 bits per heavy atom. The Balaban J connectivity index is 1.40. The molecule has 0 radical (unpaired) electrons. The number of rotatable bonds is 3. The molecular formula is C22H20Cl2N6. The third kappa shape index (κ3) is 3.46. The van der Waals surface area contributed by atoms with Gasteiger partial charge in [-0.3, -0.25) is 0 Å². The first-order valence-corrected chi connectivity index (χ1v) is 10.6. The smallest absolute Gasteiger partial charge is 0.168 e. The normalized spacial score (nSPS) is 14.5. The van der Waals surface area contributed by atoms with Crippen molar-refractivity contribution in [2.45, 2.75) is 6.92 Å². The molecule has 0 unspecified atom stereocenters. The summed E-state index contributed by atoms with van der Waals surface area (Å²) >= 11 is 12.2. The molecule has 3 heterocycles. The molecule has 2 aromatic heterocycles. The van der Waals surface area contributed by atoms with Crippen LogP contribution < -0.4 is 9.80 Å². The number of hydrogen-bond donors (Lipinski definition) is 0. The van der Waals surface area contributed by atoms with Crippen molar-refractivity contribution in [2.24, 2.45) is 0 Å². The van der Waals surface area contributed by atoms with Crippen molar-refractivity contribution in [2.75, 3.05) is 36.0 Å². The van der Waals surface area contributed by atoms with E-state index in [4.69, 9.17) is 23.2 Å². The molecule has 0 atom stereocenters. The average molecular weight is 439 g/mol. The first-order chi connectivity index (χ1) is 14.6. The second kappa shape index (κ2) is 7.78. The first kappa shape index (κ1) is 19.2. The zero-order chi connectivity index (χ0) is 20.7. The largest absolute Gasteiger partial charge is 0.368 e. The van der Waals surface area contributed by atoms with Gasteiger partial charge in [0, 0.05) is 31.9 Å². The number of aryl methyl sites for hydroxylation is 1. The van der Waals surface area contributed by atoms with Crippen LogP contribution in [0.15, 0.2) is 55.0 Å². The molecule has 6 nitrogen and oxygen atoms in total. The van der Waals surface area contributed by atoms with Gasteiger partial charge >= 0.3 is 0 Å². The van der Waals surface area contributed by atoms with Crippen molar-refractivity contribution >= 4 is 45.7 Å². The highest BCUT2D eigenvalue weighted by atomic mass is 35.5. The van der Waals surface area contributed by atoms with E-state index in [1.165, 1.54) is 5.56 Å². The Kier molecular flexibility index (Phi) is 4.97. The molecule has 8 heteroatoms. The highest BCUT2D eigenvalue weighted by Crippen LogP contribution is 2.30. The summed E-state index contributed by atoms with van der Waals surface area (Å²) in [6, 6.07) is 14.0. The lowest BCUT2D eigenvalue weighted by molar-refractivity contribution is 0.649. The second-order valence-electron chi connectivity index (χ2n) is 7.40. The van der Waals surface area contributed by atoms with E-state index in [1.54, 1.807) is 6.33 Å². The van der Waals surface area contributed by atoms with E-state index in [0.29, 0.717) is 10.0 Å². The number of nitrogens with zero attached hydrogens (tertiary/aromatic N) is 6. The van der Waals surface area contributed by atoms with Crippen LogP contribution >= 0.6 is 23.2 Å². The van der Waals surface area contributed by atoms with Crippen LogP contribution in [0.3, 0.4) is 0 Å². The number of halogens is 2. The van der Waals surface area contributed by atoms with Crippen LogP contribution in [-0.2, 0) is 0 Å². The molecule has 0 amide bonds. The Morgan fingerprint density at radius 1 is 0.833 bits per heavy atom. The molecule has 0 saturated carbocycles. The molecule has 5 rings (SSSR count). The molecular weight excluding hydrogens is 419 g/mol. The van der Waals surface area contributed by atoms with Gasteiger partial charge < -0.3 is 9.80 Å². The van der Waals surface area contributed by atoms with E-state index in [-0.39, 0.29) is 0 Å². The molecule has 1 fully saturated rings. The van der Waals surface area contributed by atoms with Crippen molar-refractivity contribution in [3.05, 3.63) is 70.6 Å². The minimum absolute atomic E-state index is 0.577. The van der Waals surface area contributed by atoms with Gasteiger partial charge in [-0.1, -0.05) is 35.3 Å². The Bertz CT molecular complexity index is 1210. The van der Waals surface area contributed by atoms with Gasteiger partial charge in [-0.2, -0.15) is 5.10 Å². The van der Waals surface area contributed by atoms with Crippen LogP contribution in [-0.4, -0.2) is 45.9 Å². The molecule has 4 aromatic rings. The van der Waals surface area contributed by atoms with Crippen LogP contribution in [0.25, 0.3) is 16.7 Å². The molecule has 0 N–H and O–H groups in total. The molecule has 30 heavy (non-hydrogen) atoms. The minimum atomic E-state index is 0.577. The third-order valence-corrected chi connectivity index (χ3v) is 6.18. The van der Waals surface area contributed by atoms with Crippen LogP contribution in [0, 0.1) is 6.92 Å². The second-order valence-corrected chi connectivity index (χ2v) is 8.22. The standard InChI is InChI=1S/C22H20Cl2N6/c1-15-3-2-4-17(11-15)30-22-18(13-27-30)21(25-14-26-22)29-9-7-28(8-10-29)16-5-6-19(23)20(24)12-16/h2-6,11-14H,7-10H2,1H3. The number of fused-ring (bicyclic) bond motifs is 1. The van der Waals surface area contributed by atoms with Gasteiger partial charge in [0.1, 0.15) is 12.1 Å². The van der Waals surface area contributed by atoms with Gasteiger partial charge in [0.25, 0.3) is 0 Å². The molecule has 0 spiro atoms. The summed E-state index contributed by atoms with van der Waals surface area (Å²) < 4.78 is 1.87. The predicted molar refractivity (Wildman–Crippen MR) is 122 cm³/mol. The number of piperazine rings is 1. The predicted octanol–water partition coefficient (Wildman–Crippen LogP) is 4.76. The summed E-state index contributed by atoms with van der Waals surface area (Å²) in [6.45, 7) is 5.51. The van der Waals surface area contributed by atoms with E-state index in [2.05, 4.69) is 43.9 Å². The Morgan fingerprint density at radius 3 is 2.40 bits per heavy atom. The summed E-state index contributed by atoms with van der Waals surface area (Å²) in [7, 11) is 0. The highest BCUT2D eigenvalue weighted by Gasteiger charge is 2.22. The topological polar surface area (TPSA) is 50.1 Å². The fraction of sp³-hybridized carbons (Fsp3) is 0.227. The first-order valence-electron chi connectivity index (χ1n) is 9.81. The monoisotopic (exact) mass is 438 g/mol. The van der Waals surface area contributed by atoms with E-state index in [0.717, 1.165) is 54.4 Å². The fourth-order valence-electron chi connectivity index (χ4n) is 3.89. The van der Waals surface area contributed by atoms with E-state index in [9.17, 15) is 0 Å². The highest BCUT2D eigenvalue weighted by molar-refractivity contribution is 6.42. The number of hydrogen-bond acceptors (Lipinski definition) is 5. The summed E-state index contributed by atoms with van der Waals surface area (Å²) in [5.41, 5.74) is 4.09. The van der Waals surface area contributed by atoms with Crippen LogP contribution in [0.1, 0.15) is 5.56 Å². The molecule has 152 valence electrons. The number of benzene rings is 2. The van der Waals surface area contributed by atoms with Crippen molar-refractivity contribution in [1.29, 1.82) is 0 Å². The van der Waals surface area contributed by atoms with Crippen molar-refractivity contribution in [3.8, 4) is 5.69 Å². The SMILES string of the molecule is Cc1cccc(-n2ncc3c(N4CCN(c5ccc(Cl)c(Cl)c5)CC4)ncnc32)c1. The van der Waals surface area contributed by atoms with E-state index in [1.807, 2.05) is 41.2 Å². The van der Waals surface area contributed by atoms with Gasteiger partial charge in [0.2, 0.25) is 0 Å². The van der Waals surface area contributed by atoms with Crippen LogP contribution in [0.4, 0.5) is 11.5 Å². The molecule has 1 aliphatic rings. The molecule has 0 bridgehead atoms. The van der Waals surface area contributed by atoms with E-state index < -0.39 is 0 Å². The molecule has 0 aliphatic carbocycles. The summed E-state index contributed by atoms with van der Waals surface area (Å²) in [5.74, 6) is 0.924. The van der Waals surface area contributed by atoms with Gasteiger partial charge in [-0.25, -0.2) is 14.6 Å². The quantitative estimate of drug-likeness (QED) is 0.461. The summed E-state index contributed by atoms with van der Waals surface area (Å²) in [6.07, 6.45) is 3.48.